The smallest absolute Gasteiger partial charge is 0.274 e. The molecule has 3 aromatic heterocycles. The lowest BCUT2D eigenvalue weighted by Gasteiger charge is -2.25. The van der Waals surface area contributed by atoms with Gasteiger partial charge in [-0.3, -0.25) is 19.4 Å². The van der Waals surface area contributed by atoms with Gasteiger partial charge in [-0.05, 0) is 44.0 Å². The molecule has 7 nitrogen and oxygen atoms in total. The van der Waals surface area contributed by atoms with Crippen molar-refractivity contribution in [2.75, 3.05) is 0 Å². The molecule has 1 atom stereocenters. The van der Waals surface area contributed by atoms with Crippen molar-refractivity contribution in [1.82, 2.24) is 14.8 Å². The van der Waals surface area contributed by atoms with Crippen LogP contribution in [0.1, 0.15) is 62.6 Å². The molecule has 0 radical (unpaired) electrons. The molecule has 1 aliphatic heterocycles. The molecule has 182 valence electrons. The van der Waals surface area contributed by atoms with Crippen LogP contribution in [0.15, 0.2) is 56.5 Å². The summed E-state index contributed by atoms with van der Waals surface area (Å²) in [6, 6.07) is 13.0. The summed E-state index contributed by atoms with van der Waals surface area (Å²) in [4.78, 5) is 29.2. The maximum absolute atomic E-state index is 13.6. The van der Waals surface area contributed by atoms with Gasteiger partial charge in [0.1, 0.15) is 23.1 Å². The zero-order valence-electron chi connectivity index (χ0n) is 20.1. The number of fused-ring (bicyclic) bond motifs is 5. The van der Waals surface area contributed by atoms with E-state index in [1.165, 1.54) is 18.9 Å². The maximum Gasteiger partial charge on any atom is 0.274 e. The number of aromatic nitrogens is 3. The number of hydrogen-bond acceptors (Lipinski definition) is 4. The van der Waals surface area contributed by atoms with Crippen molar-refractivity contribution in [3.63, 3.8) is 0 Å². The fraction of sp³-hybridized carbons (Fsp3) is 0.310. The molecule has 1 aliphatic carbocycles. The lowest BCUT2D eigenvalue weighted by Crippen LogP contribution is -2.19. The van der Waals surface area contributed by atoms with E-state index in [9.17, 15) is 9.59 Å². The molecule has 2 N–H and O–H groups in total. The van der Waals surface area contributed by atoms with Crippen LogP contribution in [0, 0.1) is 0 Å². The van der Waals surface area contributed by atoms with E-state index < -0.39 is 0 Å². The molecular formula is C29H27N3O4. The molecule has 0 bridgehead atoms. The van der Waals surface area contributed by atoms with E-state index in [4.69, 9.17) is 9.15 Å². The van der Waals surface area contributed by atoms with Crippen LogP contribution < -0.4 is 15.7 Å². The van der Waals surface area contributed by atoms with E-state index in [2.05, 4.69) is 16.2 Å². The normalized spacial score (nSPS) is 18.8. The summed E-state index contributed by atoms with van der Waals surface area (Å²) in [7, 11) is 0. The van der Waals surface area contributed by atoms with Crippen LogP contribution in [-0.4, -0.2) is 20.9 Å². The Balaban J connectivity index is 1.59. The third-order valence-electron chi connectivity index (χ3n) is 7.76. The molecule has 0 amide bonds. The number of para-hydroxylation sites is 1. The topological polar surface area (TPSA) is 93.0 Å². The predicted octanol–water partition coefficient (Wildman–Crippen LogP) is 6.13. The number of ether oxygens (including phenoxy) is 1. The highest BCUT2D eigenvalue weighted by Crippen LogP contribution is 2.42. The van der Waals surface area contributed by atoms with Gasteiger partial charge in [0.2, 0.25) is 0 Å². The summed E-state index contributed by atoms with van der Waals surface area (Å²) < 4.78 is 14.6. The molecule has 1 fully saturated rings. The van der Waals surface area contributed by atoms with E-state index in [1.54, 1.807) is 12.1 Å². The summed E-state index contributed by atoms with van der Waals surface area (Å²) in [5, 5.41) is 4.54. The number of benzene rings is 2. The number of rotatable bonds is 2. The lowest BCUT2D eigenvalue weighted by molar-refractivity contribution is 0.275. The average Bonchev–Trinajstić information content (AvgIpc) is 3.25. The summed E-state index contributed by atoms with van der Waals surface area (Å²) in [5.74, 6) is 0.814. The van der Waals surface area contributed by atoms with Gasteiger partial charge in [0.15, 0.2) is 11.0 Å². The fourth-order valence-corrected chi connectivity index (χ4v) is 6.00. The first kappa shape index (κ1) is 21.3. The highest BCUT2D eigenvalue weighted by Gasteiger charge is 2.30. The highest BCUT2D eigenvalue weighted by molar-refractivity contribution is 6.13. The first-order valence-electron chi connectivity index (χ1n) is 12.8. The molecule has 2 aromatic carbocycles. The Morgan fingerprint density at radius 3 is 2.64 bits per heavy atom. The van der Waals surface area contributed by atoms with Crippen molar-refractivity contribution >= 4 is 44.8 Å². The second-order valence-electron chi connectivity index (χ2n) is 10.0. The maximum atomic E-state index is 13.6. The molecule has 36 heavy (non-hydrogen) atoms. The van der Waals surface area contributed by atoms with Crippen LogP contribution in [0.3, 0.4) is 0 Å². The predicted molar refractivity (Wildman–Crippen MR) is 142 cm³/mol. The second-order valence-corrected chi connectivity index (χ2v) is 10.0. The number of nitrogens with zero attached hydrogens (tertiary/aromatic N) is 1. The van der Waals surface area contributed by atoms with Crippen molar-refractivity contribution < 1.29 is 9.15 Å². The van der Waals surface area contributed by atoms with E-state index in [0.717, 1.165) is 64.7 Å². The van der Waals surface area contributed by atoms with Crippen molar-refractivity contribution in [3.8, 4) is 5.75 Å². The molecule has 0 unspecified atom stereocenters. The summed E-state index contributed by atoms with van der Waals surface area (Å²) in [6.07, 6.45) is 8.60. The van der Waals surface area contributed by atoms with Crippen molar-refractivity contribution in [2.45, 2.75) is 57.6 Å². The number of pyridine rings is 1. The molecule has 0 spiro atoms. The van der Waals surface area contributed by atoms with Gasteiger partial charge in [0, 0.05) is 28.2 Å². The molecule has 5 aromatic rings. The Hall–Kier alpha value is -4.00. The van der Waals surface area contributed by atoms with E-state index in [0.29, 0.717) is 16.6 Å². The van der Waals surface area contributed by atoms with Gasteiger partial charge in [-0.25, -0.2) is 0 Å². The molecule has 7 heteroatoms. The molecule has 7 rings (SSSR count). The van der Waals surface area contributed by atoms with Gasteiger partial charge >= 0.3 is 0 Å². The Morgan fingerprint density at radius 1 is 1.00 bits per heavy atom. The van der Waals surface area contributed by atoms with Crippen LogP contribution in [-0.2, 0) is 0 Å². The number of hydrogen-bond donors (Lipinski definition) is 2. The zero-order chi connectivity index (χ0) is 24.4. The Morgan fingerprint density at radius 2 is 1.81 bits per heavy atom. The molecule has 2 aliphatic rings. The molecule has 4 heterocycles. The van der Waals surface area contributed by atoms with Gasteiger partial charge in [0.05, 0.1) is 16.9 Å². The van der Waals surface area contributed by atoms with E-state index in [-0.39, 0.29) is 23.1 Å². The first-order chi connectivity index (χ1) is 17.6. The van der Waals surface area contributed by atoms with Crippen molar-refractivity contribution in [2.24, 2.45) is 0 Å². The number of H-pyrrole nitrogens is 2. The fourth-order valence-electron chi connectivity index (χ4n) is 6.00. The Bertz CT molecular complexity index is 1790. The van der Waals surface area contributed by atoms with Crippen LogP contribution >= 0.6 is 0 Å². The van der Waals surface area contributed by atoms with Gasteiger partial charge < -0.3 is 14.1 Å². The highest BCUT2D eigenvalue weighted by atomic mass is 16.5. The van der Waals surface area contributed by atoms with Crippen molar-refractivity contribution in [1.29, 1.82) is 0 Å². The second kappa shape index (κ2) is 8.01. The minimum absolute atomic E-state index is 0.115. The largest absolute Gasteiger partial charge is 0.485 e. The van der Waals surface area contributed by atoms with Gasteiger partial charge in [-0.2, -0.15) is 0 Å². The number of aromatic amines is 2. The number of nitrogens with one attached hydrogen (secondary N) is 2. The summed E-state index contributed by atoms with van der Waals surface area (Å²) >= 11 is 0. The quantitative estimate of drug-likeness (QED) is 0.297. The van der Waals surface area contributed by atoms with Crippen LogP contribution in [0.25, 0.3) is 44.8 Å². The van der Waals surface area contributed by atoms with Crippen LogP contribution in [0.2, 0.25) is 0 Å². The summed E-state index contributed by atoms with van der Waals surface area (Å²) in [6.45, 7) is 1.99. The minimum atomic E-state index is -0.294. The third-order valence-corrected chi connectivity index (χ3v) is 7.76. The Labute approximate surface area is 206 Å². The molecule has 0 saturated heterocycles. The standard InChI is InChI=1S/C29H27N3O4/c1-16-21(14-17-8-6-7-11-22(17)35-16)24-25-28(32(31-29(25)34)18-9-4-2-3-5-10-18)30-26-20-13-12-19(33)15-23(20)36-27(24)26/h6-8,11-16,18,30H,2-5,9-10H2,1H3,(H,31,34)/t16-/m1/s1. The minimum Gasteiger partial charge on any atom is -0.485 e. The van der Waals surface area contributed by atoms with Crippen LogP contribution in [0.5, 0.6) is 5.75 Å². The zero-order valence-corrected chi connectivity index (χ0v) is 20.1. The van der Waals surface area contributed by atoms with E-state index >= 15 is 0 Å². The molecule has 1 saturated carbocycles. The number of furan rings is 1. The van der Waals surface area contributed by atoms with Gasteiger partial charge in [0.25, 0.3) is 5.56 Å². The first-order valence-corrected chi connectivity index (χ1v) is 12.8. The van der Waals surface area contributed by atoms with Gasteiger partial charge in [-0.1, -0.05) is 43.9 Å². The van der Waals surface area contributed by atoms with Crippen molar-refractivity contribution in [3.05, 3.63) is 74.2 Å². The summed E-state index contributed by atoms with van der Waals surface area (Å²) in [5.41, 5.74) is 4.89. The monoisotopic (exact) mass is 481 g/mol. The average molecular weight is 482 g/mol. The van der Waals surface area contributed by atoms with E-state index in [1.807, 2.05) is 35.9 Å². The lowest BCUT2D eigenvalue weighted by atomic mass is 9.93. The third kappa shape index (κ3) is 3.19. The molecular weight excluding hydrogens is 454 g/mol. The SMILES string of the molecule is C[C@H]1Oc2ccccc2C=C1c1c2oc3cc(=O)ccc3c2[nH]c2c1c(=O)[nH]n2C1CCCCCC1. The Kier molecular flexibility index (Phi) is 4.74. The van der Waals surface area contributed by atoms with Gasteiger partial charge in [-0.15, -0.1) is 0 Å². The van der Waals surface area contributed by atoms with Crippen LogP contribution in [0.4, 0.5) is 0 Å².